The van der Waals surface area contributed by atoms with Crippen LogP contribution in [-0.4, -0.2) is 29.3 Å². The number of carbonyl (C=O) groups is 1. The fourth-order valence-corrected chi connectivity index (χ4v) is 1.68. The summed E-state index contributed by atoms with van der Waals surface area (Å²) in [6, 6.07) is 10.9. The molecule has 0 spiro atoms. The Labute approximate surface area is 116 Å². The summed E-state index contributed by atoms with van der Waals surface area (Å²) in [5.74, 6) is -0.105. The number of hydrogen-bond donors (Lipinski definition) is 1. The Bertz CT molecular complexity index is 598. The summed E-state index contributed by atoms with van der Waals surface area (Å²) >= 11 is 0. The largest absolute Gasteiger partial charge is 0.490 e. The summed E-state index contributed by atoms with van der Waals surface area (Å²) in [6.07, 6.45) is 1.42. The van der Waals surface area contributed by atoms with Crippen LogP contribution in [0.25, 0.3) is 0 Å². The molecule has 5 nitrogen and oxygen atoms in total. The zero-order chi connectivity index (χ0) is 14.4. The highest BCUT2D eigenvalue weighted by Gasteiger charge is 2.11. The molecule has 0 saturated heterocycles. The van der Waals surface area contributed by atoms with Crippen LogP contribution >= 0.6 is 0 Å². The lowest BCUT2D eigenvalue weighted by Gasteiger charge is -2.09. The second kappa shape index (κ2) is 6.56. The van der Waals surface area contributed by atoms with Crippen molar-refractivity contribution in [3.8, 4) is 11.5 Å². The van der Waals surface area contributed by atoms with Crippen LogP contribution in [0, 0.1) is 6.92 Å². The number of aromatic carboxylic acids is 1. The van der Waals surface area contributed by atoms with Crippen LogP contribution in [0.5, 0.6) is 11.5 Å². The highest BCUT2D eigenvalue weighted by Crippen LogP contribution is 2.15. The molecule has 1 aromatic carbocycles. The molecule has 0 saturated carbocycles. The van der Waals surface area contributed by atoms with E-state index in [4.69, 9.17) is 14.6 Å². The smallest absolute Gasteiger partial charge is 0.358 e. The van der Waals surface area contributed by atoms with E-state index in [1.165, 1.54) is 6.20 Å². The Morgan fingerprint density at radius 3 is 2.75 bits per heavy atom. The van der Waals surface area contributed by atoms with Crippen molar-refractivity contribution in [1.29, 1.82) is 0 Å². The molecule has 0 radical (unpaired) electrons. The quantitative estimate of drug-likeness (QED) is 0.819. The van der Waals surface area contributed by atoms with Gasteiger partial charge in [0.05, 0.1) is 0 Å². The van der Waals surface area contributed by atoms with Crippen LogP contribution in [-0.2, 0) is 0 Å². The minimum absolute atomic E-state index is 0.0944. The van der Waals surface area contributed by atoms with E-state index >= 15 is 0 Å². The first-order valence-electron chi connectivity index (χ1n) is 6.17. The number of rotatable bonds is 6. The van der Waals surface area contributed by atoms with Gasteiger partial charge in [0.2, 0.25) is 0 Å². The Balaban J connectivity index is 1.86. The molecule has 20 heavy (non-hydrogen) atoms. The van der Waals surface area contributed by atoms with Gasteiger partial charge >= 0.3 is 5.97 Å². The predicted molar refractivity (Wildman–Crippen MR) is 73.4 cm³/mol. The minimum Gasteiger partial charge on any atom is -0.490 e. The predicted octanol–water partition coefficient (Wildman–Crippen LogP) is 2.55. The van der Waals surface area contributed by atoms with Gasteiger partial charge in [0.1, 0.15) is 19.0 Å². The lowest BCUT2D eigenvalue weighted by Crippen LogP contribution is -2.12. The summed E-state index contributed by atoms with van der Waals surface area (Å²) in [6.45, 7) is 2.56. The van der Waals surface area contributed by atoms with Crippen molar-refractivity contribution in [2.45, 2.75) is 6.92 Å². The maximum absolute atomic E-state index is 10.9. The van der Waals surface area contributed by atoms with E-state index in [-0.39, 0.29) is 18.1 Å². The topological polar surface area (TPSA) is 68.7 Å². The molecule has 1 heterocycles. The van der Waals surface area contributed by atoms with Crippen molar-refractivity contribution >= 4 is 5.97 Å². The second-order valence-electron chi connectivity index (χ2n) is 4.17. The van der Waals surface area contributed by atoms with Crippen molar-refractivity contribution in [1.82, 2.24) is 4.98 Å². The first-order valence-corrected chi connectivity index (χ1v) is 6.17. The van der Waals surface area contributed by atoms with Gasteiger partial charge in [0.25, 0.3) is 0 Å². The Kier molecular flexibility index (Phi) is 4.55. The average Bonchev–Trinajstić information content (AvgIpc) is 2.44. The van der Waals surface area contributed by atoms with Gasteiger partial charge in [-0.25, -0.2) is 9.78 Å². The van der Waals surface area contributed by atoms with Crippen molar-refractivity contribution in [3.63, 3.8) is 0 Å². The molecule has 0 aliphatic heterocycles. The van der Waals surface area contributed by atoms with E-state index in [0.717, 1.165) is 11.3 Å². The lowest BCUT2D eigenvalue weighted by atomic mass is 10.2. The zero-order valence-corrected chi connectivity index (χ0v) is 11.1. The van der Waals surface area contributed by atoms with E-state index in [9.17, 15) is 4.79 Å². The average molecular weight is 273 g/mol. The lowest BCUT2D eigenvalue weighted by molar-refractivity contribution is 0.0684. The number of aryl methyl sites for hydroxylation is 1. The molecule has 0 amide bonds. The first kappa shape index (κ1) is 13.9. The molecule has 2 rings (SSSR count). The van der Waals surface area contributed by atoms with Gasteiger partial charge in [-0.3, -0.25) is 0 Å². The van der Waals surface area contributed by atoms with Crippen LogP contribution < -0.4 is 9.47 Å². The molecule has 5 heteroatoms. The van der Waals surface area contributed by atoms with Crippen molar-refractivity contribution < 1.29 is 19.4 Å². The monoisotopic (exact) mass is 273 g/mol. The highest BCUT2D eigenvalue weighted by atomic mass is 16.5. The number of benzene rings is 1. The van der Waals surface area contributed by atoms with E-state index in [1.807, 2.05) is 31.2 Å². The third kappa shape index (κ3) is 3.71. The van der Waals surface area contributed by atoms with E-state index in [0.29, 0.717) is 6.61 Å². The van der Waals surface area contributed by atoms with Crippen molar-refractivity contribution in [2.24, 2.45) is 0 Å². The van der Waals surface area contributed by atoms with Crippen LogP contribution in [0.4, 0.5) is 0 Å². The first-order chi connectivity index (χ1) is 9.66. The van der Waals surface area contributed by atoms with Gasteiger partial charge in [0, 0.05) is 6.20 Å². The van der Waals surface area contributed by atoms with Crippen LogP contribution in [0.1, 0.15) is 16.1 Å². The van der Waals surface area contributed by atoms with Gasteiger partial charge in [-0.1, -0.05) is 12.1 Å². The standard InChI is InChI=1S/C15H15NO4/c1-11-4-2-5-12(10-11)19-8-9-20-13-6-3-7-16-14(13)15(17)18/h2-7,10H,8-9H2,1H3,(H,17,18). The highest BCUT2D eigenvalue weighted by molar-refractivity contribution is 5.88. The van der Waals surface area contributed by atoms with Gasteiger partial charge in [-0.15, -0.1) is 0 Å². The number of carboxylic acids is 1. The van der Waals surface area contributed by atoms with Gasteiger partial charge in [-0.05, 0) is 36.8 Å². The second-order valence-corrected chi connectivity index (χ2v) is 4.17. The number of pyridine rings is 1. The Morgan fingerprint density at radius 1 is 1.20 bits per heavy atom. The van der Waals surface area contributed by atoms with Gasteiger partial charge < -0.3 is 14.6 Å². The molecule has 104 valence electrons. The molecule has 0 atom stereocenters. The molecule has 1 N–H and O–H groups in total. The van der Waals surface area contributed by atoms with Gasteiger partial charge in [0.15, 0.2) is 11.4 Å². The summed E-state index contributed by atoms with van der Waals surface area (Å²) in [5, 5.41) is 8.96. The van der Waals surface area contributed by atoms with E-state index < -0.39 is 5.97 Å². The van der Waals surface area contributed by atoms with Crippen LogP contribution in [0.3, 0.4) is 0 Å². The Hall–Kier alpha value is -2.56. The molecular formula is C15H15NO4. The van der Waals surface area contributed by atoms with Crippen molar-refractivity contribution in [2.75, 3.05) is 13.2 Å². The van der Waals surface area contributed by atoms with Gasteiger partial charge in [-0.2, -0.15) is 0 Å². The summed E-state index contributed by atoms with van der Waals surface area (Å²) in [7, 11) is 0. The molecule has 0 aliphatic rings. The number of carboxylic acid groups (broad SMARTS) is 1. The SMILES string of the molecule is Cc1cccc(OCCOc2cccnc2C(=O)O)c1. The molecule has 2 aromatic rings. The number of ether oxygens (including phenoxy) is 2. The molecule has 0 unspecified atom stereocenters. The van der Waals surface area contributed by atoms with Crippen LogP contribution in [0.15, 0.2) is 42.6 Å². The normalized spacial score (nSPS) is 10.1. The summed E-state index contributed by atoms with van der Waals surface area (Å²) < 4.78 is 10.9. The van der Waals surface area contributed by atoms with E-state index in [2.05, 4.69) is 4.98 Å². The van der Waals surface area contributed by atoms with Crippen LogP contribution in [0.2, 0.25) is 0 Å². The number of nitrogens with zero attached hydrogens (tertiary/aromatic N) is 1. The molecular weight excluding hydrogens is 258 g/mol. The molecule has 1 aromatic heterocycles. The maximum Gasteiger partial charge on any atom is 0.358 e. The third-order valence-corrected chi connectivity index (χ3v) is 2.57. The fraction of sp³-hybridized carbons (Fsp3) is 0.200. The molecule has 0 fully saturated rings. The maximum atomic E-state index is 10.9. The minimum atomic E-state index is -1.11. The van der Waals surface area contributed by atoms with Crippen molar-refractivity contribution in [3.05, 3.63) is 53.9 Å². The van der Waals surface area contributed by atoms with E-state index in [1.54, 1.807) is 12.1 Å². The number of hydrogen-bond acceptors (Lipinski definition) is 4. The zero-order valence-electron chi connectivity index (χ0n) is 11.1. The molecule has 0 bridgehead atoms. The third-order valence-electron chi connectivity index (χ3n) is 2.57. The summed E-state index contributed by atoms with van der Waals surface area (Å²) in [5.41, 5.74) is 1.02. The Morgan fingerprint density at radius 2 is 2.00 bits per heavy atom. The summed E-state index contributed by atoms with van der Waals surface area (Å²) in [4.78, 5) is 14.7. The fourth-order valence-electron chi connectivity index (χ4n) is 1.68. The molecule has 0 aliphatic carbocycles. The number of aromatic nitrogens is 1.